The van der Waals surface area contributed by atoms with Crippen molar-refractivity contribution in [2.24, 2.45) is 0 Å². The van der Waals surface area contributed by atoms with Crippen LogP contribution in [-0.2, 0) is 0 Å². The Bertz CT molecular complexity index is 584. The molecular weight excluding hydrogens is 316 g/mol. The van der Waals surface area contributed by atoms with Gasteiger partial charge in [-0.05, 0) is 53.2 Å². The van der Waals surface area contributed by atoms with Crippen LogP contribution in [0.3, 0.4) is 0 Å². The summed E-state index contributed by atoms with van der Waals surface area (Å²) in [6, 6.07) is 8.68. The Morgan fingerprint density at radius 3 is 2.72 bits per heavy atom. The molecule has 0 aliphatic carbocycles. The first-order valence-corrected chi connectivity index (χ1v) is 6.42. The predicted molar refractivity (Wildman–Crippen MR) is 76.1 cm³/mol. The smallest absolute Gasteiger partial charge is 0.256 e. The van der Waals surface area contributed by atoms with E-state index in [4.69, 9.17) is 11.6 Å². The fourth-order valence-corrected chi connectivity index (χ4v) is 2.28. The van der Waals surface area contributed by atoms with E-state index in [2.05, 4.69) is 26.2 Å². The molecule has 0 fully saturated rings. The Kier molecular flexibility index (Phi) is 3.99. The third-order valence-corrected chi connectivity index (χ3v) is 3.24. The van der Waals surface area contributed by atoms with Gasteiger partial charge in [0.05, 0.1) is 17.4 Å². The number of nitrogens with one attached hydrogen (secondary N) is 1. The quantitative estimate of drug-likeness (QED) is 0.905. The number of aromatic nitrogens is 1. The topological polar surface area (TPSA) is 42.0 Å². The van der Waals surface area contributed by atoms with Crippen molar-refractivity contribution in [1.82, 2.24) is 4.98 Å². The Balaban J connectivity index is 2.19. The van der Waals surface area contributed by atoms with E-state index >= 15 is 0 Å². The highest BCUT2D eigenvalue weighted by atomic mass is 79.9. The van der Waals surface area contributed by atoms with Crippen LogP contribution in [0.25, 0.3) is 0 Å². The van der Waals surface area contributed by atoms with E-state index in [0.29, 0.717) is 20.7 Å². The number of carbonyl (C=O) groups excluding carboxylic acids is 1. The number of rotatable bonds is 2. The van der Waals surface area contributed by atoms with Gasteiger partial charge >= 0.3 is 0 Å². The molecule has 0 spiro atoms. The van der Waals surface area contributed by atoms with Crippen LogP contribution in [0.5, 0.6) is 0 Å². The molecule has 3 nitrogen and oxygen atoms in total. The highest BCUT2D eigenvalue weighted by Crippen LogP contribution is 2.22. The molecule has 5 heteroatoms. The molecule has 1 heterocycles. The summed E-state index contributed by atoms with van der Waals surface area (Å²) < 4.78 is 0.660. The van der Waals surface area contributed by atoms with Crippen molar-refractivity contribution >= 4 is 39.1 Å². The lowest BCUT2D eigenvalue weighted by Crippen LogP contribution is -2.12. The molecule has 2 rings (SSSR count). The minimum atomic E-state index is -0.204. The summed E-state index contributed by atoms with van der Waals surface area (Å²) in [6.45, 7) is 1.89. The molecule has 92 valence electrons. The molecule has 0 saturated carbocycles. The van der Waals surface area contributed by atoms with Crippen molar-refractivity contribution < 1.29 is 4.79 Å². The van der Waals surface area contributed by atoms with E-state index in [-0.39, 0.29) is 5.91 Å². The number of aryl methyl sites for hydroxylation is 1. The minimum Gasteiger partial charge on any atom is -0.321 e. The van der Waals surface area contributed by atoms with Crippen molar-refractivity contribution in [2.75, 3.05) is 5.32 Å². The number of hydrogen-bond donors (Lipinski definition) is 1. The molecular formula is C13H10BrClN2O. The molecule has 1 N–H and O–H groups in total. The standard InChI is InChI=1S/C13H10BrClN2O/c1-8-2-4-10(7-16-8)17-13(18)11-5-3-9(15)6-12(11)14/h2-7H,1H3,(H,17,18). The molecule has 0 atom stereocenters. The average molecular weight is 326 g/mol. The Morgan fingerprint density at radius 1 is 1.33 bits per heavy atom. The van der Waals surface area contributed by atoms with Crippen molar-refractivity contribution in [3.63, 3.8) is 0 Å². The van der Waals surface area contributed by atoms with Gasteiger partial charge in [0, 0.05) is 15.2 Å². The molecule has 0 bridgehead atoms. The van der Waals surface area contributed by atoms with Gasteiger partial charge in [-0.15, -0.1) is 0 Å². The van der Waals surface area contributed by atoms with Gasteiger partial charge in [-0.1, -0.05) is 11.6 Å². The first-order chi connectivity index (χ1) is 8.56. The fourth-order valence-electron chi connectivity index (χ4n) is 1.41. The zero-order chi connectivity index (χ0) is 13.1. The number of carbonyl (C=O) groups is 1. The normalized spacial score (nSPS) is 10.2. The van der Waals surface area contributed by atoms with Gasteiger partial charge in [-0.25, -0.2) is 0 Å². The summed E-state index contributed by atoms with van der Waals surface area (Å²) in [5.41, 5.74) is 2.09. The molecule has 0 unspecified atom stereocenters. The maximum absolute atomic E-state index is 12.0. The number of nitrogens with zero attached hydrogens (tertiary/aromatic N) is 1. The van der Waals surface area contributed by atoms with Crippen molar-refractivity contribution in [3.05, 3.63) is 57.3 Å². The first kappa shape index (κ1) is 13.1. The number of pyridine rings is 1. The maximum Gasteiger partial charge on any atom is 0.256 e. The number of amides is 1. The summed E-state index contributed by atoms with van der Waals surface area (Å²) in [5.74, 6) is -0.204. The van der Waals surface area contributed by atoms with Crippen LogP contribution in [0.1, 0.15) is 16.1 Å². The van der Waals surface area contributed by atoms with Gasteiger partial charge in [-0.3, -0.25) is 9.78 Å². The third-order valence-electron chi connectivity index (χ3n) is 2.34. The van der Waals surface area contributed by atoms with Crippen LogP contribution in [0.15, 0.2) is 41.0 Å². The fraction of sp³-hybridized carbons (Fsp3) is 0.0769. The number of anilines is 1. The van der Waals surface area contributed by atoms with Crippen molar-refractivity contribution in [2.45, 2.75) is 6.92 Å². The Hall–Kier alpha value is -1.39. The SMILES string of the molecule is Cc1ccc(NC(=O)c2ccc(Cl)cc2Br)cn1. The van der Waals surface area contributed by atoms with Gasteiger partial charge in [0.25, 0.3) is 5.91 Å². The van der Waals surface area contributed by atoms with Gasteiger partial charge in [0.2, 0.25) is 0 Å². The largest absolute Gasteiger partial charge is 0.321 e. The van der Waals surface area contributed by atoms with Crippen LogP contribution in [-0.4, -0.2) is 10.9 Å². The lowest BCUT2D eigenvalue weighted by molar-refractivity contribution is 0.102. The third kappa shape index (κ3) is 3.09. The van der Waals surface area contributed by atoms with E-state index in [9.17, 15) is 4.79 Å². The lowest BCUT2D eigenvalue weighted by Gasteiger charge is -2.07. The van der Waals surface area contributed by atoms with E-state index in [1.165, 1.54) is 0 Å². The van der Waals surface area contributed by atoms with Crippen LogP contribution in [0.2, 0.25) is 5.02 Å². The summed E-state index contributed by atoms with van der Waals surface area (Å²) in [6.07, 6.45) is 1.62. The summed E-state index contributed by atoms with van der Waals surface area (Å²) in [4.78, 5) is 16.1. The maximum atomic E-state index is 12.0. The number of hydrogen-bond acceptors (Lipinski definition) is 2. The Labute approximate surface area is 118 Å². The average Bonchev–Trinajstić information content (AvgIpc) is 2.32. The number of benzene rings is 1. The van der Waals surface area contributed by atoms with Gasteiger partial charge in [-0.2, -0.15) is 0 Å². The van der Waals surface area contributed by atoms with Crippen LogP contribution in [0, 0.1) is 6.92 Å². The molecule has 0 aliphatic rings. The molecule has 2 aromatic rings. The first-order valence-electron chi connectivity index (χ1n) is 5.25. The Morgan fingerprint density at radius 2 is 2.11 bits per heavy atom. The van der Waals surface area contributed by atoms with Crippen molar-refractivity contribution in [3.8, 4) is 0 Å². The van der Waals surface area contributed by atoms with Crippen LogP contribution < -0.4 is 5.32 Å². The summed E-state index contributed by atoms with van der Waals surface area (Å²) in [5, 5.41) is 3.35. The number of halogens is 2. The summed E-state index contributed by atoms with van der Waals surface area (Å²) in [7, 11) is 0. The zero-order valence-corrected chi connectivity index (χ0v) is 11.9. The highest BCUT2D eigenvalue weighted by Gasteiger charge is 2.10. The van der Waals surface area contributed by atoms with E-state index in [0.717, 1.165) is 5.69 Å². The van der Waals surface area contributed by atoms with Crippen molar-refractivity contribution in [1.29, 1.82) is 0 Å². The van der Waals surface area contributed by atoms with Gasteiger partial charge in [0.15, 0.2) is 0 Å². The second-order valence-corrected chi connectivity index (χ2v) is 5.06. The molecule has 0 radical (unpaired) electrons. The van der Waals surface area contributed by atoms with E-state index in [1.54, 1.807) is 24.4 Å². The zero-order valence-electron chi connectivity index (χ0n) is 9.58. The van der Waals surface area contributed by atoms with Crippen LogP contribution in [0.4, 0.5) is 5.69 Å². The van der Waals surface area contributed by atoms with Crippen LogP contribution >= 0.6 is 27.5 Å². The minimum absolute atomic E-state index is 0.204. The summed E-state index contributed by atoms with van der Waals surface area (Å²) >= 11 is 9.14. The van der Waals surface area contributed by atoms with E-state index in [1.807, 2.05) is 19.1 Å². The molecule has 1 amide bonds. The molecule has 0 saturated heterocycles. The molecule has 1 aromatic carbocycles. The molecule has 18 heavy (non-hydrogen) atoms. The van der Waals surface area contributed by atoms with E-state index < -0.39 is 0 Å². The monoisotopic (exact) mass is 324 g/mol. The van der Waals surface area contributed by atoms with Gasteiger partial charge < -0.3 is 5.32 Å². The highest BCUT2D eigenvalue weighted by molar-refractivity contribution is 9.10. The van der Waals surface area contributed by atoms with Gasteiger partial charge in [0.1, 0.15) is 0 Å². The second-order valence-electron chi connectivity index (χ2n) is 3.77. The lowest BCUT2D eigenvalue weighted by atomic mass is 10.2. The predicted octanol–water partition coefficient (Wildman–Crippen LogP) is 4.06. The second kappa shape index (κ2) is 5.50. The molecule has 0 aliphatic heterocycles. The molecule has 1 aromatic heterocycles.